The molecule has 8 aromatic rings. The van der Waals surface area contributed by atoms with Crippen LogP contribution in [0.1, 0.15) is 22.8 Å². The van der Waals surface area contributed by atoms with E-state index in [2.05, 4.69) is 103 Å². The van der Waals surface area contributed by atoms with Gasteiger partial charge in [-0.1, -0.05) is 72.8 Å². The largest absolute Gasteiger partial charge is 0.295 e. The van der Waals surface area contributed by atoms with E-state index in [-0.39, 0.29) is 5.78 Å². The molecule has 382 valence electrons. The molecule has 0 heterocycles. The average Bonchev–Trinajstić information content (AvgIpc) is 3.41. The first-order valence-corrected chi connectivity index (χ1v) is 22.8. The molecule has 0 saturated heterocycles. The second kappa shape index (κ2) is 20.8. The van der Waals surface area contributed by atoms with Crippen LogP contribution in [-0.2, 0) is 6.16 Å². The van der Waals surface area contributed by atoms with Gasteiger partial charge in [0.15, 0.2) is 75.6 Å². The quantitative estimate of drug-likeness (QED) is 0.0333. The lowest BCUT2D eigenvalue weighted by atomic mass is 9.12. The monoisotopic (exact) mass is 1070 g/mol. The van der Waals surface area contributed by atoms with Gasteiger partial charge in [-0.3, -0.25) is 4.79 Å². The highest BCUT2D eigenvalue weighted by atomic mass is 31.2. The predicted molar refractivity (Wildman–Crippen MR) is 235 cm³/mol. The summed E-state index contributed by atoms with van der Waals surface area (Å²) in [4.78, 5) is 12.0. The summed E-state index contributed by atoms with van der Waals surface area (Å²) >= 11 is 0. The predicted octanol–water partition coefficient (Wildman–Crippen LogP) is 11.2. The minimum absolute atomic E-state index is 0.106. The summed E-state index contributed by atoms with van der Waals surface area (Å²) in [6.07, 6.45) is -6.34. The van der Waals surface area contributed by atoms with Gasteiger partial charge in [0.1, 0.15) is 75.9 Å². The molecule has 0 aliphatic heterocycles. The van der Waals surface area contributed by atoms with Crippen molar-refractivity contribution < 1.29 is 92.6 Å². The van der Waals surface area contributed by atoms with Gasteiger partial charge >= 0.3 is 0 Å². The van der Waals surface area contributed by atoms with Crippen LogP contribution in [0.15, 0.2) is 115 Å². The van der Waals surface area contributed by atoms with Crippen molar-refractivity contribution in [3.63, 3.8) is 0 Å². The molecule has 0 N–H and O–H groups in total. The summed E-state index contributed by atoms with van der Waals surface area (Å²) in [6.45, 7) is 1.63. The molecule has 0 radical (unpaired) electrons. The minimum atomic E-state index is -7.22. The first-order valence-electron chi connectivity index (χ1n) is 20.8. The van der Waals surface area contributed by atoms with Crippen LogP contribution in [-0.4, -0.2) is 11.9 Å². The Balaban J connectivity index is 0.000000237. The molecule has 0 aliphatic rings. The maximum absolute atomic E-state index is 15.4. The molecule has 0 unspecified atom stereocenters. The molecular formula is C51H24BF20OP. The molecule has 1 nitrogen and oxygen atoms in total. The van der Waals surface area contributed by atoms with Crippen LogP contribution < -0.4 is 37.8 Å². The Bertz CT molecular complexity index is 3030. The summed E-state index contributed by atoms with van der Waals surface area (Å²) in [6, 6.07) is 40.6. The normalized spacial score (nSPS) is 11.7. The highest BCUT2D eigenvalue weighted by Crippen LogP contribution is 2.58. The summed E-state index contributed by atoms with van der Waals surface area (Å²) in [5.41, 5.74) is -12.4. The fourth-order valence-corrected chi connectivity index (χ4v) is 13.0. The molecule has 74 heavy (non-hydrogen) atoms. The van der Waals surface area contributed by atoms with Crippen molar-refractivity contribution in [2.75, 3.05) is 0 Å². The molecule has 23 heteroatoms. The number of rotatable bonds is 10. The average molecular weight is 1070 g/mol. The number of carbonyl (C=O) groups is 1. The second-order valence-corrected chi connectivity index (χ2v) is 19.5. The topological polar surface area (TPSA) is 17.1 Å². The number of benzene rings is 8. The number of Topliss-reactive ketones (excluding diaryl/α,β-unsaturated/α-hetero) is 1. The van der Waals surface area contributed by atoms with Gasteiger partial charge in [-0.05, 0) is 55.0 Å². The smallest absolute Gasteiger partial charge is 0.200 e. The molecule has 0 bridgehead atoms. The lowest BCUT2D eigenvalue weighted by Crippen LogP contribution is -2.81. The number of halogens is 20. The van der Waals surface area contributed by atoms with Crippen LogP contribution in [0.5, 0.6) is 0 Å². The first kappa shape index (κ1) is 54.3. The number of hydrogen-bond acceptors (Lipinski definition) is 1. The fraction of sp³-hybridized carbons (Fsp3) is 0.0392. The highest BCUT2D eigenvalue weighted by molar-refractivity contribution is 7.95. The molecule has 8 aromatic carbocycles. The third-order valence-corrected chi connectivity index (χ3v) is 16.4. The van der Waals surface area contributed by atoms with E-state index >= 15 is 35.1 Å². The summed E-state index contributed by atoms with van der Waals surface area (Å²) in [5.74, 6) is -71.3. The standard InChI is InChI=1S/C27H24OP.C24BF20/c1-22(28)24-13-11-12-23(20-24)21-29(25-14-5-2-6-15-25,26-16-7-3-8-17-26)27-18-9-4-10-19-27;26-5-1(6(27)14(35)21(42)13(5)34)25(2-7(28)15(36)22(43)16(37)8(2)29,3-9(30)17(38)23(44)18(39)10(3)31)4-11(32)19(40)24(45)20(41)12(4)33/h2-20H,21H2,1H3;/q+1;-1. The minimum Gasteiger partial charge on any atom is -0.295 e. The lowest BCUT2D eigenvalue weighted by molar-refractivity contribution is 0.101. The molecule has 0 spiro atoms. The summed E-state index contributed by atoms with van der Waals surface area (Å²) in [7, 11) is -1.94. The Morgan fingerprint density at radius 1 is 0.324 bits per heavy atom. The van der Waals surface area contributed by atoms with Crippen LogP contribution >= 0.6 is 7.26 Å². The maximum atomic E-state index is 15.4. The Hall–Kier alpha value is -7.48. The van der Waals surface area contributed by atoms with Crippen molar-refractivity contribution in [2.45, 2.75) is 13.1 Å². The van der Waals surface area contributed by atoms with Crippen LogP contribution in [0.3, 0.4) is 0 Å². The van der Waals surface area contributed by atoms with Crippen molar-refractivity contribution in [1.82, 2.24) is 0 Å². The lowest BCUT2D eigenvalue weighted by Gasteiger charge is -2.44. The number of carbonyl (C=O) groups excluding carboxylic acids is 1. The van der Waals surface area contributed by atoms with Gasteiger partial charge in [0.05, 0.1) is 6.16 Å². The fourth-order valence-electron chi connectivity index (χ4n) is 8.81. The van der Waals surface area contributed by atoms with E-state index in [1.807, 2.05) is 12.1 Å². The number of ketones is 1. The van der Waals surface area contributed by atoms with E-state index in [9.17, 15) is 57.5 Å². The van der Waals surface area contributed by atoms with Gasteiger partial charge in [-0.15, -0.1) is 21.9 Å². The van der Waals surface area contributed by atoms with E-state index in [1.54, 1.807) is 6.92 Å². The van der Waals surface area contributed by atoms with E-state index < -0.39 is 152 Å². The molecule has 8 rings (SSSR count). The zero-order valence-corrected chi connectivity index (χ0v) is 37.6. The van der Waals surface area contributed by atoms with Gasteiger partial charge < -0.3 is 0 Å². The molecule has 0 fully saturated rings. The summed E-state index contributed by atoms with van der Waals surface area (Å²) in [5, 5.41) is 4.06. The Morgan fingerprint density at radius 2 is 0.554 bits per heavy atom. The summed E-state index contributed by atoms with van der Waals surface area (Å²) < 4.78 is 294. The molecule has 0 aromatic heterocycles. The zero-order chi connectivity index (χ0) is 54.5. The van der Waals surface area contributed by atoms with Crippen LogP contribution in [0.2, 0.25) is 0 Å². The second-order valence-electron chi connectivity index (χ2n) is 16.0. The van der Waals surface area contributed by atoms with Gasteiger partial charge in [0.2, 0.25) is 0 Å². The van der Waals surface area contributed by atoms with Gasteiger partial charge in [-0.25, -0.2) is 87.8 Å². The molecule has 0 amide bonds. The molecule has 0 aliphatic carbocycles. The van der Waals surface area contributed by atoms with Crippen molar-refractivity contribution >= 4 is 57.0 Å². The van der Waals surface area contributed by atoms with Crippen molar-refractivity contribution in [3.05, 3.63) is 243 Å². The third-order valence-electron chi connectivity index (χ3n) is 12.1. The van der Waals surface area contributed by atoms with E-state index in [1.165, 1.54) is 21.5 Å². The van der Waals surface area contributed by atoms with E-state index in [0.717, 1.165) is 11.7 Å². The van der Waals surface area contributed by atoms with Crippen LogP contribution in [0.4, 0.5) is 87.8 Å². The van der Waals surface area contributed by atoms with Gasteiger partial charge in [-0.2, -0.15) is 0 Å². The Morgan fingerprint density at radius 3 is 0.784 bits per heavy atom. The maximum Gasteiger partial charge on any atom is 0.200 e. The Labute approximate surface area is 404 Å². The first-order chi connectivity index (χ1) is 34.9. The van der Waals surface area contributed by atoms with E-state index in [4.69, 9.17) is 0 Å². The molecular weight excluding hydrogens is 1050 g/mol. The number of hydrogen-bond donors (Lipinski definition) is 0. The van der Waals surface area contributed by atoms with Crippen molar-refractivity contribution in [2.24, 2.45) is 0 Å². The van der Waals surface area contributed by atoms with E-state index in [0.29, 0.717) is 0 Å². The molecule has 0 saturated carbocycles. The van der Waals surface area contributed by atoms with Crippen molar-refractivity contribution in [1.29, 1.82) is 0 Å². The van der Waals surface area contributed by atoms with Crippen LogP contribution in [0, 0.1) is 116 Å². The molecule has 0 atom stereocenters. The highest BCUT2D eigenvalue weighted by Gasteiger charge is 2.52. The van der Waals surface area contributed by atoms with Crippen molar-refractivity contribution in [3.8, 4) is 0 Å². The van der Waals surface area contributed by atoms with Gasteiger partial charge in [0.25, 0.3) is 0 Å². The third kappa shape index (κ3) is 8.65. The zero-order valence-electron chi connectivity index (χ0n) is 36.7. The Kier molecular flexibility index (Phi) is 15.3. The van der Waals surface area contributed by atoms with Crippen LogP contribution in [0.25, 0.3) is 0 Å². The van der Waals surface area contributed by atoms with Gasteiger partial charge in [0, 0.05) is 5.56 Å². The SMILES string of the molecule is CC(=O)c1cccc(C[P+](c2ccccc2)(c2ccccc2)c2ccccc2)c1.Fc1c(F)c(F)c([B-](c2c(F)c(F)c(F)c(F)c2F)(c2c(F)c(F)c(F)c(F)c2F)c2c(F)c(F)c(F)c(F)c2F)c(F)c1F.